The molecule has 1 aromatic heterocycles. The summed E-state index contributed by atoms with van der Waals surface area (Å²) in [5.74, 6) is -1.45. The number of carbonyl (C=O) groups excluding carboxylic acids is 1. The summed E-state index contributed by atoms with van der Waals surface area (Å²) in [5.41, 5.74) is 3.47. The van der Waals surface area contributed by atoms with Crippen molar-refractivity contribution >= 4 is 17.6 Å². The lowest BCUT2D eigenvalue weighted by molar-refractivity contribution is 0.0692. The first-order chi connectivity index (χ1) is 10.0. The van der Waals surface area contributed by atoms with Crippen LogP contribution < -0.4 is 5.32 Å². The number of carboxylic acids is 1. The molecular weight excluding hydrogens is 272 g/mol. The maximum Gasteiger partial charge on any atom is 0.354 e. The summed E-state index contributed by atoms with van der Waals surface area (Å²) in [6.07, 6.45) is 0. The summed E-state index contributed by atoms with van der Waals surface area (Å²) in [5, 5.41) is 11.7. The van der Waals surface area contributed by atoms with Crippen LogP contribution in [0.2, 0.25) is 0 Å². The number of benzene rings is 1. The lowest BCUT2D eigenvalue weighted by Gasteiger charge is -2.06. The van der Waals surface area contributed by atoms with Gasteiger partial charge in [0, 0.05) is 11.3 Å². The second-order valence-electron chi connectivity index (χ2n) is 4.98. The molecule has 0 aliphatic carbocycles. The fourth-order valence-corrected chi connectivity index (χ4v) is 2.36. The molecule has 1 aliphatic rings. The van der Waals surface area contributed by atoms with E-state index in [-0.39, 0.29) is 17.3 Å². The number of aromatic nitrogens is 1. The molecule has 0 spiro atoms. The van der Waals surface area contributed by atoms with Crippen LogP contribution in [0.25, 0.3) is 0 Å². The van der Waals surface area contributed by atoms with Gasteiger partial charge < -0.3 is 20.1 Å². The Morgan fingerprint density at radius 3 is 2.76 bits per heavy atom. The van der Waals surface area contributed by atoms with Crippen LogP contribution in [-0.2, 0) is 18.0 Å². The minimum Gasteiger partial charge on any atom is -0.477 e. The van der Waals surface area contributed by atoms with Crippen molar-refractivity contribution in [3.63, 3.8) is 0 Å². The summed E-state index contributed by atoms with van der Waals surface area (Å²) in [6, 6.07) is 6.94. The van der Waals surface area contributed by atoms with Gasteiger partial charge >= 0.3 is 5.97 Å². The van der Waals surface area contributed by atoms with Gasteiger partial charge in [-0.25, -0.2) is 4.79 Å². The van der Waals surface area contributed by atoms with Gasteiger partial charge in [0.05, 0.1) is 18.9 Å². The number of fused-ring (bicyclic) bond motifs is 1. The molecule has 2 heterocycles. The van der Waals surface area contributed by atoms with Crippen molar-refractivity contribution in [1.29, 1.82) is 0 Å². The maximum atomic E-state index is 12.2. The van der Waals surface area contributed by atoms with E-state index in [0.717, 1.165) is 11.1 Å². The predicted molar refractivity (Wildman–Crippen MR) is 75.4 cm³/mol. The van der Waals surface area contributed by atoms with Crippen LogP contribution in [0.15, 0.2) is 24.3 Å². The van der Waals surface area contributed by atoms with E-state index in [4.69, 9.17) is 9.84 Å². The second kappa shape index (κ2) is 5.06. The van der Waals surface area contributed by atoms with Crippen LogP contribution in [0.5, 0.6) is 0 Å². The highest BCUT2D eigenvalue weighted by atomic mass is 16.5. The number of amides is 1. The quantitative estimate of drug-likeness (QED) is 0.807. The summed E-state index contributed by atoms with van der Waals surface area (Å²) in [7, 11) is 0. The highest BCUT2D eigenvalue weighted by Crippen LogP contribution is 2.22. The van der Waals surface area contributed by atoms with E-state index in [1.54, 1.807) is 25.1 Å². The van der Waals surface area contributed by atoms with E-state index >= 15 is 0 Å². The standard InChI is InChI=1S/C15H14N2O4/c1-8-4-12(13(16-8)15(19)20)17-14(18)9-2-3-10-6-21-7-11(10)5-9/h2-5,16H,6-7H2,1H3,(H,17,18)(H,19,20). The van der Waals surface area contributed by atoms with E-state index in [9.17, 15) is 9.59 Å². The van der Waals surface area contributed by atoms with Gasteiger partial charge in [-0.15, -0.1) is 0 Å². The number of nitrogens with one attached hydrogen (secondary N) is 2. The van der Waals surface area contributed by atoms with E-state index in [0.29, 0.717) is 24.5 Å². The second-order valence-corrected chi connectivity index (χ2v) is 4.98. The maximum absolute atomic E-state index is 12.2. The molecule has 0 saturated carbocycles. The molecule has 6 heteroatoms. The van der Waals surface area contributed by atoms with Crippen LogP contribution in [0, 0.1) is 6.92 Å². The number of aryl methyl sites for hydroxylation is 1. The molecule has 0 radical (unpaired) electrons. The van der Waals surface area contributed by atoms with Gasteiger partial charge in [0.2, 0.25) is 0 Å². The van der Waals surface area contributed by atoms with Gasteiger partial charge in [0.25, 0.3) is 5.91 Å². The monoisotopic (exact) mass is 286 g/mol. The first-order valence-electron chi connectivity index (χ1n) is 6.48. The van der Waals surface area contributed by atoms with Crippen LogP contribution in [0.1, 0.15) is 37.7 Å². The molecule has 0 fully saturated rings. The highest BCUT2D eigenvalue weighted by molar-refractivity contribution is 6.07. The summed E-state index contributed by atoms with van der Waals surface area (Å²) in [6.45, 7) is 2.80. The van der Waals surface area contributed by atoms with Crippen molar-refractivity contribution in [2.45, 2.75) is 20.1 Å². The number of hydrogen-bond acceptors (Lipinski definition) is 3. The third kappa shape index (κ3) is 2.53. The van der Waals surface area contributed by atoms with Gasteiger partial charge in [-0.1, -0.05) is 6.07 Å². The number of ether oxygens (including phenoxy) is 1. The number of carbonyl (C=O) groups is 2. The first-order valence-corrected chi connectivity index (χ1v) is 6.48. The number of H-pyrrole nitrogens is 1. The van der Waals surface area contributed by atoms with Crippen molar-refractivity contribution in [2.75, 3.05) is 5.32 Å². The van der Waals surface area contributed by atoms with Gasteiger partial charge in [-0.05, 0) is 36.2 Å². The smallest absolute Gasteiger partial charge is 0.354 e. The zero-order valence-corrected chi connectivity index (χ0v) is 11.4. The van der Waals surface area contributed by atoms with E-state index in [2.05, 4.69) is 10.3 Å². The summed E-state index contributed by atoms with van der Waals surface area (Å²) < 4.78 is 5.31. The van der Waals surface area contributed by atoms with E-state index in [1.165, 1.54) is 0 Å². The van der Waals surface area contributed by atoms with Crippen LogP contribution in [0.3, 0.4) is 0 Å². The summed E-state index contributed by atoms with van der Waals surface area (Å²) >= 11 is 0. The molecule has 3 rings (SSSR count). The fraction of sp³-hybridized carbons (Fsp3) is 0.200. The Labute approximate surface area is 120 Å². The molecule has 1 amide bonds. The average molecular weight is 286 g/mol. The molecule has 0 bridgehead atoms. The zero-order chi connectivity index (χ0) is 15.0. The Kier molecular flexibility index (Phi) is 3.23. The van der Waals surface area contributed by atoms with Crippen molar-refractivity contribution in [3.8, 4) is 0 Å². The molecule has 0 atom stereocenters. The molecular formula is C15H14N2O4. The fourth-order valence-electron chi connectivity index (χ4n) is 2.36. The topological polar surface area (TPSA) is 91.4 Å². The average Bonchev–Trinajstić information content (AvgIpc) is 3.04. The number of anilines is 1. The highest BCUT2D eigenvalue weighted by Gasteiger charge is 2.18. The van der Waals surface area contributed by atoms with Crippen molar-refractivity contribution in [1.82, 2.24) is 4.98 Å². The predicted octanol–water partition coefficient (Wildman–Crippen LogP) is 2.30. The molecule has 6 nitrogen and oxygen atoms in total. The molecule has 0 saturated heterocycles. The summed E-state index contributed by atoms with van der Waals surface area (Å²) in [4.78, 5) is 26.1. The van der Waals surface area contributed by atoms with E-state index in [1.807, 2.05) is 6.07 Å². The minimum atomic E-state index is -1.11. The Hall–Kier alpha value is -2.60. The first kappa shape index (κ1) is 13.4. The molecule has 0 unspecified atom stereocenters. The van der Waals surface area contributed by atoms with Gasteiger partial charge in [-0.3, -0.25) is 4.79 Å². The molecule has 2 aromatic rings. The molecule has 1 aliphatic heterocycles. The van der Waals surface area contributed by atoms with Crippen LogP contribution in [0.4, 0.5) is 5.69 Å². The van der Waals surface area contributed by atoms with E-state index < -0.39 is 5.97 Å². The normalized spacial score (nSPS) is 13.0. The Bertz CT molecular complexity index is 733. The van der Waals surface area contributed by atoms with Crippen LogP contribution in [-0.4, -0.2) is 22.0 Å². The Morgan fingerprint density at radius 2 is 2.00 bits per heavy atom. The Balaban J connectivity index is 1.85. The van der Waals surface area contributed by atoms with Gasteiger partial charge in [-0.2, -0.15) is 0 Å². The van der Waals surface area contributed by atoms with Crippen molar-refractivity contribution in [2.24, 2.45) is 0 Å². The lowest BCUT2D eigenvalue weighted by Crippen LogP contribution is -2.14. The van der Waals surface area contributed by atoms with Gasteiger partial charge in [0.1, 0.15) is 5.69 Å². The molecule has 21 heavy (non-hydrogen) atoms. The third-order valence-electron chi connectivity index (χ3n) is 3.40. The SMILES string of the molecule is Cc1cc(NC(=O)c2ccc3c(c2)COC3)c(C(=O)O)[nH]1. The third-order valence-corrected chi connectivity index (χ3v) is 3.40. The van der Waals surface area contributed by atoms with Crippen molar-refractivity contribution < 1.29 is 19.4 Å². The molecule has 108 valence electrons. The number of rotatable bonds is 3. The number of aromatic carboxylic acids is 1. The van der Waals surface area contributed by atoms with Gasteiger partial charge in [0.15, 0.2) is 0 Å². The number of hydrogen-bond donors (Lipinski definition) is 3. The Morgan fingerprint density at radius 1 is 1.24 bits per heavy atom. The minimum absolute atomic E-state index is 0.0228. The zero-order valence-electron chi connectivity index (χ0n) is 11.4. The lowest BCUT2D eigenvalue weighted by atomic mass is 10.1. The van der Waals surface area contributed by atoms with Crippen molar-refractivity contribution in [3.05, 3.63) is 52.3 Å². The largest absolute Gasteiger partial charge is 0.477 e. The number of aromatic amines is 1. The molecule has 1 aromatic carbocycles. The van der Waals surface area contributed by atoms with Crippen LogP contribution >= 0.6 is 0 Å². The number of carboxylic acid groups (broad SMARTS) is 1. The molecule has 3 N–H and O–H groups in total.